The van der Waals surface area contributed by atoms with Gasteiger partial charge in [-0.25, -0.2) is 4.79 Å². The summed E-state index contributed by atoms with van der Waals surface area (Å²) in [5.74, 6) is -0.696. The molecule has 3 rings (SSSR count). The lowest BCUT2D eigenvalue weighted by molar-refractivity contribution is -0.384. The Bertz CT molecular complexity index is 1180. The predicted molar refractivity (Wildman–Crippen MR) is 114 cm³/mol. The van der Waals surface area contributed by atoms with Gasteiger partial charge in [-0.05, 0) is 44.2 Å². The molecular formula is C21H18ClN3O5. The van der Waals surface area contributed by atoms with Gasteiger partial charge in [-0.2, -0.15) is 0 Å². The van der Waals surface area contributed by atoms with Crippen molar-refractivity contribution >= 4 is 35.2 Å². The number of methoxy groups -OCH3 is 1. The second-order valence-electron chi connectivity index (χ2n) is 6.50. The zero-order chi connectivity index (χ0) is 22.0. The van der Waals surface area contributed by atoms with Crippen LogP contribution in [0.3, 0.4) is 0 Å². The van der Waals surface area contributed by atoms with Gasteiger partial charge in [0.15, 0.2) is 0 Å². The minimum Gasteiger partial charge on any atom is -0.494 e. The van der Waals surface area contributed by atoms with Crippen LogP contribution in [0.5, 0.6) is 5.75 Å². The number of aryl methyl sites for hydroxylation is 1. The summed E-state index contributed by atoms with van der Waals surface area (Å²) < 4.78 is 7.12. The Morgan fingerprint density at radius 3 is 2.60 bits per heavy atom. The van der Waals surface area contributed by atoms with Crippen molar-refractivity contribution in [3.05, 3.63) is 80.1 Å². The lowest BCUT2D eigenvalue weighted by Gasteiger charge is -2.11. The first-order valence-electron chi connectivity index (χ1n) is 8.81. The molecule has 8 nitrogen and oxygen atoms in total. The van der Waals surface area contributed by atoms with Crippen molar-refractivity contribution in [1.29, 1.82) is 0 Å². The van der Waals surface area contributed by atoms with Crippen molar-refractivity contribution in [1.82, 2.24) is 4.57 Å². The molecular weight excluding hydrogens is 410 g/mol. The fourth-order valence-corrected chi connectivity index (χ4v) is 3.36. The minimum atomic E-state index is -1.11. The Balaban J connectivity index is 2.03. The molecule has 0 aliphatic rings. The SMILES string of the molecule is COc1ccc([N+](=O)[O-])cc1N=Cc1cc(C)n(-c2ccc(Cl)c(C(=O)O)c2)c1C. The van der Waals surface area contributed by atoms with Gasteiger partial charge in [0.05, 0.1) is 22.6 Å². The molecule has 0 bridgehead atoms. The summed E-state index contributed by atoms with van der Waals surface area (Å²) in [6.45, 7) is 3.75. The van der Waals surface area contributed by atoms with Gasteiger partial charge in [0.2, 0.25) is 0 Å². The van der Waals surface area contributed by atoms with Crippen LogP contribution in [0.2, 0.25) is 5.02 Å². The van der Waals surface area contributed by atoms with Crippen molar-refractivity contribution in [3.8, 4) is 11.4 Å². The number of carboxylic acids is 1. The number of halogens is 1. The summed E-state index contributed by atoms with van der Waals surface area (Å²) in [6, 6.07) is 10.9. The van der Waals surface area contributed by atoms with Crippen LogP contribution >= 0.6 is 11.6 Å². The van der Waals surface area contributed by atoms with Gasteiger partial charge >= 0.3 is 5.97 Å². The normalized spacial score (nSPS) is 11.1. The van der Waals surface area contributed by atoms with E-state index in [0.29, 0.717) is 17.1 Å². The number of aromatic nitrogens is 1. The second-order valence-corrected chi connectivity index (χ2v) is 6.91. The van der Waals surface area contributed by atoms with Gasteiger partial charge in [0.25, 0.3) is 5.69 Å². The standard InChI is InChI=1S/C21H18ClN3O5/c1-12-8-14(11-23-19-10-16(25(28)29)5-7-20(19)30-3)13(2)24(12)15-4-6-18(22)17(9-15)21(26)27/h4-11H,1-3H3,(H,26,27). The summed E-state index contributed by atoms with van der Waals surface area (Å²) in [5.41, 5.74) is 3.36. The number of nitro benzene ring substituents is 1. The Morgan fingerprint density at radius 1 is 1.23 bits per heavy atom. The van der Waals surface area contributed by atoms with Crippen LogP contribution < -0.4 is 4.74 Å². The van der Waals surface area contributed by atoms with Crippen molar-refractivity contribution in [2.24, 2.45) is 4.99 Å². The van der Waals surface area contributed by atoms with Gasteiger partial charge in [0.1, 0.15) is 11.4 Å². The fraction of sp³-hybridized carbons (Fsp3) is 0.143. The Hall–Kier alpha value is -3.65. The molecule has 0 saturated heterocycles. The fourth-order valence-electron chi connectivity index (χ4n) is 3.16. The first-order chi connectivity index (χ1) is 14.2. The average Bonchev–Trinajstić information content (AvgIpc) is 2.99. The summed E-state index contributed by atoms with van der Waals surface area (Å²) >= 11 is 5.97. The van der Waals surface area contributed by atoms with Crippen LogP contribution in [0, 0.1) is 24.0 Å². The molecule has 0 radical (unpaired) electrons. The van der Waals surface area contributed by atoms with E-state index in [4.69, 9.17) is 16.3 Å². The highest BCUT2D eigenvalue weighted by molar-refractivity contribution is 6.33. The minimum absolute atomic E-state index is 0.0122. The van der Waals surface area contributed by atoms with E-state index in [-0.39, 0.29) is 16.3 Å². The molecule has 2 aromatic carbocycles. The zero-order valence-corrected chi connectivity index (χ0v) is 17.2. The summed E-state index contributed by atoms with van der Waals surface area (Å²) in [5, 5.41) is 20.5. The first kappa shape index (κ1) is 21.1. The smallest absolute Gasteiger partial charge is 0.337 e. The maximum absolute atomic E-state index is 11.4. The first-order valence-corrected chi connectivity index (χ1v) is 9.19. The topological polar surface area (TPSA) is 107 Å². The van der Waals surface area contributed by atoms with Crippen LogP contribution in [-0.2, 0) is 0 Å². The number of benzene rings is 2. The number of ether oxygens (including phenoxy) is 1. The molecule has 0 saturated carbocycles. The monoisotopic (exact) mass is 427 g/mol. The highest BCUT2D eigenvalue weighted by Crippen LogP contribution is 2.32. The summed E-state index contributed by atoms with van der Waals surface area (Å²) in [6.07, 6.45) is 1.59. The van der Waals surface area contributed by atoms with Gasteiger partial charge in [-0.1, -0.05) is 11.6 Å². The summed E-state index contributed by atoms with van der Waals surface area (Å²) in [4.78, 5) is 26.3. The number of carbonyl (C=O) groups is 1. The maximum atomic E-state index is 11.4. The maximum Gasteiger partial charge on any atom is 0.337 e. The highest BCUT2D eigenvalue weighted by atomic mass is 35.5. The van der Waals surface area contributed by atoms with Crippen LogP contribution in [0.1, 0.15) is 27.3 Å². The number of aromatic carboxylic acids is 1. The van der Waals surface area contributed by atoms with Crippen molar-refractivity contribution in [2.45, 2.75) is 13.8 Å². The van der Waals surface area contributed by atoms with Gasteiger partial charge in [-0.3, -0.25) is 15.1 Å². The number of aliphatic imine (C=N–C) groups is 1. The molecule has 0 spiro atoms. The third-order valence-corrected chi connectivity index (χ3v) is 4.95. The molecule has 0 aliphatic heterocycles. The second kappa shape index (κ2) is 8.38. The van der Waals surface area contributed by atoms with Gasteiger partial charge < -0.3 is 14.4 Å². The molecule has 9 heteroatoms. The van der Waals surface area contributed by atoms with E-state index in [1.54, 1.807) is 18.3 Å². The van der Waals surface area contributed by atoms with E-state index in [0.717, 1.165) is 17.0 Å². The molecule has 1 heterocycles. The Labute approximate surface area is 177 Å². The van der Waals surface area contributed by atoms with Crippen molar-refractivity contribution in [3.63, 3.8) is 0 Å². The van der Waals surface area contributed by atoms with E-state index in [1.807, 2.05) is 24.5 Å². The lowest BCUT2D eigenvalue weighted by atomic mass is 10.2. The quantitative estimate of drug-likeness (QED) is 0.334. The average molecular weight is 428 g/mol. The molecule has 0 aliphatic carbocycles. The van der Waals surface area contributed by atoms with Crippen molar-refractivity contribution < 1.29 is 19.6 Å². The van der Waals surface area contributed by atoms with Gasteiger partial charge in [0, 0.05) is 41.0 Å². The van der Waals surface area contributed by atoms with Crippen molar-refractivity contribution in [2.75, 3.05) is 7.11 Å². The number of rotatable bonds is 6. The highest BCUT2D eigenvalue weighted by Gasteiger charge is 2.15. The Kier molecular flexibility index (Phi) is 5.89. The van der Waals surface area contributed by atoms with E-state index in [1.165, 1.54) is 31.4 Å². The van der Waals surface area contributed by atoms with E-state index < -0.39 is 10.9 Å². The molecule has 0 unspecified atom stereocenters. The molecule has 0 fully saturated rings. The molecule has 1 N–H and O–H groups in total. The third kappa shape index (κ3) is 4.04. The van der Waals surface area contributed by atoms with Crippen LogP contribution in [0.25, 0.3) is 5.69 Å². The molecule has 0 atom stereocenters. The number of non-ortho nitro benzene ring substituents is 1. The molecule has 0 amide bonds. The van der Waals surface area contributed by atoms with E-state index in [2.05, 4.69) is 4.99 Å². The third-order valence-electron chi connectivity index (χ3n) is 4.62. The predicted octanol–water partition coefficient (Wildman–Crippen LogP) is 5.11. The number of hydrogen-bond donors (Lipinski definition) is 1. The van der Waals surface area contributed by atoms with Crippen LogP contribution in [-0.4, -0.2) is 33.9 Å². The molecule has 30 heavy (non-hydrogen) atoms. The van der Waals surface area contributed by atoms with E-state index >= 15 is 0 Å². The molecule has 3 aromatic rings. The largest absolute Gasteiger partial charge is 0.494 e. The van der Waals surface area contributed by atoms with Crippen LogP contribution in [0.15, 0.2) is 47.5 Å². The zero-order valence-electron chi connectivity index (χ0n) is 16.4. The van der Waals surface area contributed by atoms with E-state index in [9.17, 15) is 20.0 Å². The van der Waals surface area contributed by atoms with Crippen LogP contribution in [0.4, 0.5) is 11.4 Å². The Morgan fingerprint density at radius 2 is 1.97 bits per heavy atom. The number of nitro groups is 1. The lowest BCUT2D eigenvalue weighted by Crippen LogP contribution is -2.03. The van der Waals surface area contributed by atoms with Gasteiger partial charge in [-0.15, -0.1) is 0 Å². The number of carboxylic acid groups (broad SMARTS) is 1. The number of nitrogens with zero attached hydrogens (tertiary/aromatic N) is 3. The number of hydrogen-bond acceptors (Lipinski definition) is 5. The summed E-state index contributed by atoms with van der Waals surface area (Å²) in [7, 11) is 1.46. The molecule has 154 valence electrons. The molecule has 1 aromatic heterocycles.